The number of nitrogens with zero attached hydrogens (tertiary/aromatic N) is 4. The van der Waals surface area contributed by atoms with Gasteiger partial charge in [0.05, 0.1) is 5.69 Å². The molecule has 1 aromatic carbocycles. The monoisotopic (exact) mass is 244 g/mol. The van der Waals surface area contributed by atoms with Crippen LogP contribution in [0.2, 0.25) is 0 Å². The minimum Gasteiger partial charge on any atom is -0.204 e. The smallest absolute Gasteiger partial charge is 0.204 e. The van der Waals surface area contributed by atoms with Crippen LogP contribution in [-0.4, -0.2) is 28.6 Å². The summed E-state index contributed by atoms with van der Waals surface area (Å²) in [6, 6.07) is 8.61. The van der Waals surface area contributed by atoms with Gasteiger partial charge in [-0.05, 0) is 22.6 Å². The van der Waals surface area contributed by atoms with Crippen LogP contribution in [0, 0.1) is 0 Å². The minimum atomic E-state index is -3.94. The van der Waals surface area contributed by atoms with Crippen molar-refractivity contribution in [3.8, 4) is 5.69 Å². The zero-order valence-corrected chi connectivity index (χ0v) is 8.85. The highest BCUT2D eigenvalue weighted by Gasteiger charge is 2.20. The molecule has 78 valence electrons. The molecule has 0 aliphatic carbocycles. The molecule has 0 amide bonds. The van der Waals surface area contributed by atoms with E-state index >= 15 is 0 Å². The van der Waals surface area contributed by atoms with E-state index in [1.807, 2.05) is 0 Å². The molecular weight excluding hydrogens is 240 g/mol. The summed E-state index contributed by atoms with van der Waals surface area (Å²) in [6.07, 6.45) is 0. The molecule has 1 heterocycles. The Morgan fingerprint density at radius 1 is 1.20 bits per heavy atom. The molecule has 2 aromatic rings. The molecule has 0 bridgehead atoms. The van der Waals surface area contributed by atoms with Crippen LogP contribution >= 0.6 is 10.7 Å². The lowest BCUT2D eigenvalue weighted by atomic mass is 10.3. The second-order valence-corrected chi connectivity index (χ2v) is 5.11. The van der Waals surface area contributed by atoms with Crippen molar-refractivity contribution < 1.29 is 8.42 Å². The van der Waals surface area contributed by atoms with Crippen LogP contribution < -0.4 is 0 Å². The van der Waals surface area contributed by atoms with Crippen LogP contribution in [0.25, 0.3) is 5.69 Å². The van der Waals surface area contributed by atoms with Gasteiger partial charge in [-0.1, -0.05) is 23.3 Å². The summed E-state index contributed by atoms with van der Waals surface area (Å²) >= 11 is 0. The molecule has 0 fully saturated rings. The molecule has 0 atom stereocenters. The molecule has 0 aliphatic heterocycles. The van der Waals surface area contributed by atoms with Crippen LogP contribution in [0.5, 0.6) is 0 Å². The largest absolute Gasteiger partial charge is 0.298 e. The number of aromatic nitrogens is 4. The molecule has 2 rings (SSSR count). The van der Waals surface area contributed by atoms with Crippen LogP contribution in [0.3, 0.4) is 0 Å². The number of para-hydroxylation sites is 1. The molecule has 0 aliphatic rings. The summed E-state index contributed by atoms with van der Waals surface area (Å²) in [4.78, 5) is 0. The van der Waals surface area contributed by atoms with Gasteiger partial charge in [0.15, 0.2) is 0 Å². The van der Waals surface area contributed by atoms with Gasteiger partial charge < -0.3 is 0 Å². The maximum absolute atomic E-state index is 11.1. The molecule has 0 radical (unpaired) electrons. The normalized spacial score (nSPS) is 11.5. The molecule has 15 heavy (non-hydrogen) atoms. The SMILES string of the molecule is O=S(=O)(Cl)c1nnnn1-c1ccccc1. The molecule has 0 saturated carbocycles. The van der Waals surface area contributed by atoms with E-state index in [0.717, 1.165) is 4.68 Å². The van der Waals surface area contributed by atoms with Gasteiger partial charge >= 0.3 is 0 Å². The first-order valence-electron chi connectivity index (χ1n) is 3.87. The lowest BCUT2D eigenvalue weighted by Crippen LogP contribution is -2.05. The number of hydrogen-bond donors (Lipinski definition) is 0. The Morgan fingerprint density at radius 2 is 1.87 bits per heavy atom. The molecule has 1 aromatic heterocycles. The quantitative estimate of drug-likeness (QED) is 0.723. The van der Waals surface area contributed by atoms with E-state index in [0.29, 0.717) is 5.69 Å². The molecule has 8 heteroatoms. The number of benzene rings is 1. The first-order valence-corrected chi connectivity index (χ1v) is 6.18. The van der Waals surface area contributed by atoms with Gasteiger partial charge in [0.25, 0.3) is 14.2 Å². The first kappa shape index (κ1) is 10.1. The third-order valence-electron chi connectivity index (χ3n) is 1.66. The highest BCUT2D eigenvalue weighted by Crippen LogP contribution is 2.14. The van der Waals surface area contributed by atoms with Gasteiger partial charge in [-0.25, -0.2) is 8.42 Å². The Hall–Kier alpha value is -1.47. The van der Waals surface area contributed by atoms with E-state index in [1.54, 1.807) is 30.3 Å². The Kier molecular flexibility index (Phi) is 2.41. The predicted octanol–water partition coefficient (Wildman–Crippen LogP) is 0.590. The lowest BCUT2D eigenvalue weighted by Gasteiger charge is -2.00. The van der Waals surface area contributed by atoms with Gasteiger partial charge in [-0.15, -0.1) is 0 Å². The Bertz CT molecular complexity index is 566. The van der Waals surface area contributed by atoms with E-state index in [2.05, 4.69) is 15.5 Å². The van der Waals surface area contributed by atoms with Crippen LogP contribution in [0.1, 0.15) is 0 Å². The molecule has 0 unspecified atom stereocenters. The highest BCUT2D eigenvalue weighted by molar-refractivity contribution is 8.13. The molecule has 0 spiro atoms. The maximum atomic E-state index is 11.1. The fourth-order valence-corrected chi connectivity index (χ4v) is 1.83. The average molecular weight is 245 g/mol. The van der Waals surface area contributed by atoms with Gasteiger partial charge in [-0.2, -0.15) is 4.68 Å². The highest BCUT2D eigenvalue weighted by atomic mass is 35.7. The van der Waals surface area contributed by atoms with E-state index in [-0.39, 0.29) is 0 Å². The Morgan fingerprint density at radius 3 is 2.47 bits per heavy atom. The van der Waals surface area contributed by atoms with Crippen molar-refractivity contribution in [1.29, 1.82) is 0 Å². The van der Waals surface area contributed by atoms with E-state index in [1.165, 1.54) is 0 Å². The fraction of sp³-hybridized carbons (Fsp3) is 0. The van der Waals surface area contributed by atoms with E-state index in [4.69, 9.17) is 10.7 Å². The van der Waals surface area contributed by atoms with Crippen molar-refractivity contribution in [1.82, 2.24) is 20.2 Å². The van der Waals surface area contributed by atoms with E-state index < -0.39 is 14.2 Å². The zero-order chi connectivity index (χ0) is 10.9. The van der Waals surface area contributed by atoms with Gasteiger partial charge in [-0.3, -0.25) is 0 Å². The Labute approximate surface area is 89.9 Å². The molecular formula is C7H5ClN4O2S. The third-order valence-corrected chi connectivity index (χ3v) is 2.76. The summed E-state index contributed by atoms with van der Waals surface area (Å²) in [5.41, 5.74) is 0.529. The van der Waals surface area contributed by atoms with Crippen molar-refractivity contribution >= 4 is 19.7 Å². The van der Waals surface area contributed by atoms with Gasteiger partial charge in [0, 0.05) is 10.7 Å². The zero-order valence-electron chi connectivity index (χ0n) is 7.28. The fourth-order valence-electron chi connectivity index (χ4n) is 1.06. The summed E-state index contributed by atoms with van der Waals surface area (Å²) in [5.74, 6) is 0. The van der Waals surface area contributed by atoms with E-state index in [9.17, 15) is 8.42 Å². The number of halogens is 1. The van der Waals surface area contributed by atoms with Crippen LogP contribution in [0.15, 0.2) is 35.5 Å². The first-order chi connectivity index (χ1) is 7.09. The summed E-state index contributed by atoms with van der Waals surface area (Å²) in [5, 5.41) is 9.76. The standard InChI is InChI=1S/C7H5ClN4O2S/c8-15(13,14)7-9-10-11-12(7)6-4-2-1-3-5-6/h1-5H. The summed E-state index contributed by atoms with van der Waals surface area (Å²) in [6.45, 7) is 0. The van der Waals surface area contributed by atoms with Crippen molar-refractivity contribution in [3.05, 3.63) is 30.3 Å². The number of rotatable bonds is 2. The summed E-state index contributed by atoms with van der Waals surface area (Å²) < 4.78 is 23.2. The molecule has 0 N–H and O–H groups in total. The molecule has 0 saturated heterocycles. The second-order valence-electron chi connectivity index (χ2n) is 2.65. The minimum absolute atomic E-state index is 0.393. The van der Waals surface area contributed by atoms with Crippen molar-refractivity contribution in [2.45, 2.75) is 5.16 Å². The van der Waals surface area contributed by atoms with Crippen molar-refractivity contribution in [3.63, 3.8) is 0 Å². The third kappa shape index (κ3) is 1.97. The maximum Gasteiger partial charge on any atom is 0.298 e. The van der Waals surface area contributed by atoms with Crippen LogP contribution in [-0.2, 0) is 9.05 Å². The summed E-state index contributed by atoms with van der Waals surface area (Å²) in [7, 11) is 1.22. The average Bonchev–Trinajstić information content (AvgIpc) is 2.67. The lowest BCUT2D eigenvalue weighted by molar-refractivity contribution is 0.594. The predicted molar refractivity (Wildman–Crippen MR) is 52.2 cm³/mol. The number of tetrazole rings is 1. The second kappa shape index (κ2) is 3.59. The van der Waals surface area contributed by atoms with Crippen LogP contribution in [0.4, 0.5) is 0 Å². The van der Waals surface area contributed by atoms with Gasteiger partial charge in [0.1, 0.15) is 0 Å². The molecule has 6 nitrogen and oxygen atoms in total. The van der Waals surface area contributed by atoms with Gasteiger partial charge in [0.2, 0.25) is 0 Å². The van der Waals surface area contributed by atoms with Crippen molar-refractivity contribution in [2.24, 2.45) is 0 Å². The topological polar surface area (TPSA) is 77.7 Å². The van der Waals surface area contributed by atoms with Crippen molar-refractivity contribution in [2.75, 3.05) is 0 Å². The number of hydrogen-bond acceptors (Lipinski definition) is 5. The Balaban J connectivity index is 2.61.